The highest BCUT2D eigenvalue weighted by molar-refractivity contribution is 6.44. The van der Waals surface area contributed by atoms with Crippen molar-refractivity contribution in [3.8, 4) is 11.1 Å². The van der Waals surface area contributed by atoms with Crippen LogP contribution in [-0.4, -0.2) is 18.1 Å². The SMILES string of the molecule is COC(=O)c1cc(C)c2nccc(-c3cccc(Cl)c3Cl)c2c1. The van der Waals surface area contributed by atoms with Crippen molar-refractivity contribution < 1.29 is 9.53 Å². The minimum atomic E-state index is -0.387. The number of ether oxygens (including phenoxy) is 1. The van der Waals surface area contributed by atoms with Crippen LogP contribution in [0.25, 0.3) is 22.0 Å². The van der Waals surface area contributed by atoms with Crippen LogP contribution in [0.4, 0.5) is 0 Å². The molecule has 5 heteroatoms. The van der Waals surface area contributed by atoms with Crippen molar-refractivity contribution in [2.24, 2.45) is 0 Å². The van der Waals surface area contributed by atoms with E-state index in [4.69, 9.17) is 27.9 Å². The topological polar surface area (TPSA) is 39.2 Å². The van der Waals surface area contributed by atoms with Crippen molar-refractivity contribution in [3.05, 3.63) is 63.8 Å². The van der Waals surface area contributed by atoms with Crippen molar-refractivity contribution in [2.45, 2.75) is 6.92 Å². The van der Waals surface area contributed by atoms with Crippen molar-refractivity contribution >= 4 is 40.1 Å². The van der Waals surface area contributed by atoms with Gasteiger partial charge in [-0.15, -0.1) is 0 Å². The van der Waals surface area contributed by atoms with Gasteiger partial charge < -0.3 is 4.74 Å². The van der Waals surface area contributed by atoms with E-state index in [0.717, 1.165) is 27.6 Å². The third kappa shape index (κ3) is 2.78. The number of rotatable bonds is 2. The normalized spacial score (nSPS) is 10.8. The number of aryl methyl sites for hydroxylation is 1. The molecule has 0 saturated carbocycles. The Kier molecular flexibility index (Phi) is 4.24. The van der Waals surface area contributed by atoms with E-state index < -0.39 is 0 Å². The first-order valence-electron chi connectivity index (χ1n) is 6.95. The van der Waals surface area contributed by atoms with E-state index in [9.17, 15) is 4.79 Å². The molecule has 0 aliphatic rings. The summed E-state index contributed by atoms with van der Waals surface area (Å²) in [5.74, 6) is -0.387. The summed E-state index contributed by atoms with van der Waals surface area (Å²) in [6, 6.07) is 10.9. The van der Waals surface area contributed by atoms with E-state index in [1.807, 2.05) is 25.1 Å². The van der Waals surface area contributed by atoms with Crippen LogP contribution in [0, 0.1) is 6.92 Å². The third-order valence-corrected chi connectivity index (χ3v) is 4.52. The van der Waals surface area contributed by atoms with Crippen LogP contribution in [0.3, 0.4) is 0 Å². The average Bonchev–Trinajstić information content (AvgIpc) is 2.56. The lowest BCUT2D eigenvalue weighted by Gasteiger charge is -2.12. The number of aromatic nitrogens is 1. The van der Waals surface area contributed by atoms with Crippen LogP contribution in [0.1, 0.15) is 15.9 Å². The van der Waals surface area contributed by atoms with Crippen molar-refractivity contribution in [2.75, 3.05) is 7.11 Å². The lowest BCUT2D eigenvalue weighted by Crippen LogP contribution is -2.02. The zero-order valence-electron chi connectivity index (χ0n) is 12.6. The number of carbonyl (C=O) groups excluding carboxylic acids is 1. The molecular formula is C18H13Cl2NO2. The number of carbonyl (C=O) groups is 1. The number of esters is 1. The fourth-order valence-corrected chi connectivity index (χ4v) is 3.02. The number of hydrogen-bond acceptors (Lipinski definition) is 3. The third-order valence-electron chi connectivity index (χ3n) is 3.70. The first-order valence-corrected chi connectivity index (χ1v) is 7.70. The molecule has 0 unspecified atom stereocenters. The van der Waals surface area contributed by atoms with Gasteiger partial charge in [-0.3, -0.25) is 4.98 Å². The molecular weight excluding hydrogens is 333 g/mol. The maximum absolute atomic E-state index is 11.9. The van der Waals surface area contributed by atoms with Gasteiger partial charge in [0.25, 0.3) is 0 Å². The van der Waals surface area contributed by atoms with Crippen LogP contribution < -0.4 is 0 Å². The van der Waals surface area contributed by atoms with E-state index in [1.54, 1.807) is 24.4 Å². The highest BCUT2D eigenvalue weighted by Crippen LogP contribution is 2.37. The minimum Gasteiger partial charge on any atom is -0.465 e. The number of nitrogens with zero attached hydrogens (tertiary/aromatic N) is 1. The standard InChI is InChI=1S/C18H13Cl2NO2/c1-10-8-11(18(22)23-2)9-14-12(6-7-21-17(10)14)13-4-3-5-15(19)16(13)20/h3-9H,1-2H3. The van der Waals surface area contributed by atoms with Crippen LogP contribution in [0.2, 0.25) is 10.0 Å². The number of methoxy groups -OCH3 is 1. The zero-order valence-corrected chi connectivity index (χ0v) is 14.1. The number of halogens is 2. The summed E-state index contributed by atoms with van der Waals surface area (Å²) in [6.45, 7) is 1.91. The Morgan fingerprint density at radius 3 is 2.65 bits per heavy atom. The van der Waals surface area contributed by atoms with Crippen molar-refractivity contribution in [1.82, 2.24) is 4.98 Å². The molecule has 0 radical (unpaired) electrons. The second-order valence-electron chi connectivity index (χ2n) is 5.14. The summed E-state index contributed by atoms with van der Waals surface area (Å²) < 4.78 is 4.82. The van der Waals surface area contributed by atoms with Gasteiger partial charge in [0.15, 0.2) is 0 Å². The Balaban J connectivity index is 2.35. The van der Waals surface area contributed by atoms with E-state index in [2.05, 4.69) is 4.98 Å². The van der Waals surface area contributed by atoms with E-state index >= 15 is 0 Å². The molecule has 23 heavy (non-hydrogen) atoms. The molecule has 0 spiro atoms. The summed E-state index contributed by atoms with van der Waals surface area (Å²) in [5, 5.41) is 1.79. The second kappa shape index (κ2) is 6.19. The lowest BCUT2D eigenvalue weighted by atomic mass is 9.97. The van der Waals surface area contributed by atoms with E-state index in [1.165, 1.54) is 7.11 Å². The van der Waals surface area contributed by atoms with Gasteiger partial charge in [0.2, 0.25) is 0 Å². The molecule has 0 aliphatic heterocycles. The smallest absolute Gasteiger partial charge is 0.337 e. The summed E-state index contributed by atoms with van der Waals surface area (Å²) >= 11 is 12.5. The van der Waals surface area contributed by atoms with E-state index in [0.29, 0.717) is 15.6 Å². The number of fused-ring (bicyclic) bond motifs is 1. The maximum atomic E-state index is 11.9. The van der Waals surface area contributed by atoms with E-state index in [-0.39, 0.29) is 5.97 Å². The molecule has 3 aromatic rings. The van der Waals surface area contributed by atoms with Gasteiger partial charge in [0.05, 0.1) is 28.2 Å². The Bertz CT molecular complexity index is 922. The van der Waals surface area contributed by atoms with Gasteiger partial charge in [0, 0.05) is 17.1 Å². The van der Waals surface area contributed by atoms with Gasteiger partial charge in [-0.25, -0.2) is 4.79 Å². The molecule has 0 bridgehead atoms. The van der Waals surface area contributed by atoms with Gasteiger partial charge in [-0.05, 0) is 42.3 Å². The monoisotopic (exact) mass is 345 g/mol. The predicted molar refractivity (Wildman–Crippen MR) is 93.3 cm³/mol. The average molecular weight is 346 g/mol. The van der Waals surface area contributed by atoms with Crippen molar-refractivity contribution in [1.29, 1.82) is 0 Å². The van der Waals surface area contributed by atoms with Crippen LogP contribution in [-0.2, 0) is 4.74 Å². The molecule has 0 saturated heterocycles. The largest absolute Gasteiger partial charge is 0.465 e. The molecule has 2 aromatic carbocycles. The molecule has 1 aromatic heterocycles. The first kappa shape index (κ1) is 15.8. The van der Waals surface area contributed by atoms with Crippen LogP contribution in [0.5, 0.6) is 0 Å². The van der Waals surface area contributed by atoms with Crippen LogP contribution >= 0.6 is 23.2 Å². The zero-order chi connectivity index (χ0) is 16.6. The van der Waals surface area contributed by atoms with Gasteiger partial charge in [0.1, 0.15) is 0 Å². The minimum absolute atomic E-state index is 0.387. The Hall–Kier alpha value is -2.10. The summed E-state index contributed by atoms with van der Waals surface area (Å²) in [7, 11) is 1.36. The molecule has 0 N–H and O–H groups in total. The summed E-state index contributed by atoms with van der Waals surface area (Å²) in [5.41, 5.74) is 3.85. The molecule has 3 rings (SSSR count). The molecule has 116 valence electrons. The maximum Gasteiger partial charge on any atom is 0.337 e. The molecule has 0 fully saturated rings. The first-order chi connectivity index (χ1) is 11.0. The predicted octanol–water partition coefficient (Wildman–Crippen LogP) is 5.30. The molecule has 1 heterocycles. The number of pyridine rings is 1. The second-order valence-corrected chi connectivity index (χ2v) is 5.93. The van der Waals surface area contributed by atoms with Gasteiger partial charge in [-0.2, -0.15) is 0 Å². The fourth-order valence-electron chi connectivity index (χ4n) is 2.61. The Morgan fingerprint density at radius 1 is 1.13 bits per heavy atom. The summed E-state index contributed by atoms with van der Waals surface area (Å²) in [4.78, 5) is 16.3. The van der Waals surface area contributed by atoms with Gasteiger partial charge >= 0.3 is 5.97 Å². The van der Waals surface area contributed by atoms with Crippen molar-refractivity contribution in [3.63, 3.8) is 0 Å². The molecule has 0 aliphatic carbocycles. The quantitative estimate of drug-likeness (QED) is 0.591. The number of benzene rings is 2. The highest BCUT2D eigenvalue weighted by atomic mass is 35.5. The number of hydrogen-bond donors (Lipinski definition) is 0. The summed E-state index contributed by atoms with van der Waals surface area (Å²) in [6.07, 6.45) is 1.72. The molecule has 0 atom stereocenters. The van der Waals surface area contributed by atoms with Gasteiger partial charge in [-0.1, -0.05) is 35.3 Å². The highest BCUT2D eigenvalue weighted by Gasteiger charge is 2.15. The fraction of sp³-hybridized carbons (Fsp3) is 0.111. The Labute approximate surface area is 143 Å². The lowest BCUT2D eigenvalue weighted by molar-refractivity contribution is 0.0601. The molecule has 0 amide bonds. The van der Waals surface area contributed by atoms with Crippen LogP contribution in [0.15, 0.2) is 42.6 Å². The molecule has 3 nitrogen and oxygen atoms in total. The Morgan fingerprint density at radius 2 is 1.91 bits per heavy atom.